The summed E-state index contributed by atoms with van der Waals surface area (Å²) in [6.45, 7) is 6.03. The summed E-state index contributed by atoms with van der Waals surface area (Å²) < 4.78 is 5.19. The van der Waals surface area contributed by atoms with Crippen molar-refractivity contribution < 1.29 is 19.4 Å². The van der Waals surface area contributed by atoms with Gasteiger partial charge in [-0.15, -0.1) is 0 Å². The molecule has 0 aliphatic rings. The van der Waals surface area contributed by atoms with Gasteiger partial charge in [0.25, 0.3) is 0 Å². The molecule has 0 rings (SSSR count). The molecule has 2 N–H and O–H groups in total. The van der Waals surface area contributed by atoms with Crippen LogP contribution in [0.1, 0.15) is 91.4 Å². The van der Waals surface area contributed by atoms with Crippen LogP contribution in [-0.4, -0.2) is 42.2 Å². The number of Topliss-reactive ketones (excluding diaryl/α,β-unsaturated/α-hetero) is 1. The summed E-state index contributed by atoms with van der Waals surface area (Å²) in [7, 11) is 0. The number of aliphatic hydroxyl groups excluding tert-OH is 1. The van der Waals surface area contributed by atoms with Gasteiger partial charge in [0.05, 0.1) is 25.2 Å². The van der Waals surface area contributed by atoms with Crippen molar-refractivity contribution in [3.05, 3.63) is 0 Å². The zero-order valence-corrected chi connectivity index (χ0v) is 16.5. The van der Waals surface area contributed by atoms with Gasteiger partial charge >= 0.3 is 5.97 Å². The molecule has 0 heterocycles. The third-order valence-electron chi connectivity index (χ3n) is 4.37. The monoisotopic (exact) mass is 357 g/mol. The minimum Gasteiger partial charge on any atom is -0.466 e. The standard InChI is InChI=1S/C20H39NO4/c1-4-5-6-7-8-9-10-11-12-13-16-25-19(24)14-15-21-20(17(2)22)18(3)23/h17,20-22H,4-16H2,1-3H3. The van der Waals surface area contributed by atoms with Crippen LogP contribution in [0.5, 0.6) is 0 Å². The van der Waals surface area contributed by atoms with Crippen molar-refractivity contribution in [2.45, 2.75) is 104 Å². The van der Waals surface area contributed by atoms with Gasteiger partial charge < -0.3 is 15.2 Å². The molecule has 0 aliphatic heterocycles. The van der Waals surface area contributed by atoms with Gasteiger partial charge in [-0.1, -0.05) is 64.7 Å². The molecule has 5 nitrogen and oxygen atoms in total. The lowest BCUT2D eigenvalue weighted by atomic mass is 10.1. The minimum absolute atomic E-state index is 0.131. The largest absolute Gasteiger partial charge is 0.466 e. The molecule has 0 amide bonds. The van der Waals surface area contributed by atoms with E-state index in [-0.39, 0.29) is 18.2 Å². The lowest BCUT2D eigenvalue weighted by molar-refractivity contribution is -0.143. The number of rotatable bonds is 17. The van der Waals surface area contributed by atoms with E-state index in [2.05, 4.69) is 12.2 Å². The van der Waals surface area contributed by atoms with Crippen molar-refractivity contribution in [1.82, 2.24) is 5.32 Å². The van der Waals surface area contributed by atoms with Crippen LogP contribution in [-0.2, 0) is 14.3 Å². The minimum atomic E-state index is -0.764. The van der Waals surface area contributed by atoms with Crippen LogP contribution in [0.4, 0.5) is 0 Å². The zero-order chi connectivity index (χ0) is 18.9. The quantitative estimate of drug-likeness (QED) is 0.306. The third-order valence-corrected chi connectivity index (χ3v) is 4.37. The summed E-state index contributed by atoms with van der Waals surface area (Å²) in [4.78, 5) is 22.9. The van der Waals surface area contributed by atoms with Crippen LogP contribution in [0.2, 0.25) is 0 Å². The van der Waals surface area contributed by atoms with Crippen LogP contribution >= 0.6 is 0 Å². The van der Waals surface area contributed by atoms with E-state index in [4.69, 9.17) is 4.74 Å². The molecule has 0 bridgehead atoms. The summed E-state index contributed by atoms with van der Waals surface area (Å²) in [6, 6.07) is -0.616. The molecule has 0 radical (unpaired) electrons. The average molecular weight is 358 g/mol. The Labute approximate surface area is 153 Å². The van der Waals surface area contributed by atoms with Gasteiger partial charge in [0.2, 0.25) is 0 Å². The van der Waals surface area contributed by atoms with E-state index in [1.54, 1.807) is 6.92 Å². The highest BCUT2D eigenvalue weighted by molar-refractivity contribution is 5.82. The predicted molar refractivity (Wildman–Crippen MR) is 102 cm³/mol. The van der Waals surface area contributed by atoms with E-state index in [0.29, 0.717) is 13.2 Å². The third kappa shape index (κ3) is 15.1. The molecule has 0 aromatic carbocycles. The Balaban J connectivity index is 3.43. The number of hydrogen-bond acceptors (Lipinski definition) is 5. The summed E-state index contributed by atoms with van der Waals surface area (Å²) in [5, 5.41) is 12.4. The SMILES string of the molecule is CCCCCCCCCCCCOC(=O)CCNC(C(C)=O)C(C)O. The molecule has 0 saturated carbocycles. The Morgan fingerprint density at radius 2 is 1.48 bits per heavy atom. The fourth-order valence-corrected chi connectivity index (χ4v) is 2.83. The first kappa shape index (κ1) is 24.1. The van der Waals surface area contributed by atoms with Crippen molar-refractivity contribution in [3.8, 4) is 0 Å². The molecule has 0 saturated heterocycles. The molecular formula is C20H39NO4. The van der Waals surface area contributed by atoms with E-state index < -0.39 is 12.1 Å². The molecule has 0 aromatic rings. The topological polar surface area (TPSA) is 75.6 Å². The van der Waals surface area contributed by atoms with Gasteiger partial charge in [0, 0.05) is 6.54 Å². The Morgan fingerprint density at radius 3 is 1.96 bits per heavy atom. The highest BCUT2D eigenvalue weighted by Gasteiger charge is 2.19. The molecular weight excluding hydrogens is 318 g/mol. The molecule has 148 valence electrons. The maximum absolute atomic E-state index is 11.6. The first-order chi connectivity index (χ1) is 12.0. The smallest absolute Gasteiger partial charge is 0.307 e. The van der Waals surface area contributed by atoms with E-state index in [1.165, 1.54) is 58.3 Å². The maximum Gasteiger partial charge on any atom is 0.307 e. The van der Waals surface area contributed by atoms with Crippen LogP contribution in [0.15, 0.2) is 0 Å². The van der Waals surface area contributed by atoms with Gasteiger partial charge in [-0.25, -0.2) is 0 Å². The summed E-state index contributed by atoms with van der Waals surface area (Å²) in [6.07, 6.45) is 12.0. The fourth-order valence-electron chi connectivity index (χ4n) is 2.83. The number of esters is 1. The average Bonchev–Trinajstić information content (AvgIpc) is 2.55. The normalized spacial score (nSPS) is 13.4. The number of ether oxygens (including phenoxy) is 1. The number of unbranched alkanes of at least 4 members (excludes halogenated alkanes) is 9. The Kier molecular flexibility index (Phi) is 15.9. The lowest BCUT2D eigenvalue weighted by Gasteiger charge is -2.18. The molecule has 0 spiro atoms. The molecule has 5 heteroatoms. The Bertz CT molecular complexity index is 345. The summed E-state index contributed by atoms with van der Waals surface area (Å²) in [5.74, 6) is -0.384. The van der Waals surface area contributed by atoms with Crippen molar-refractivity contribution in [3.63, 3.8) is 0 Å². The number of hydrogen-bond donors (Lipinski definition) is 2. The fraction of sp³-hybridized carbons (Fsp3) is 0.900. The van der Waals surface area contributed by atoms with Crippen LogP contribution in [0.3, 0.4) is 0 Å². The number of ketones is 1. The van der Waals surface area contributed by atoms with Crippen molar-refractivity contribution >= 4 is 11.8 Å². The number of aliphatic hydroxyl groups is 1. The molecule has 0 aromatic heterocycles. The molecule has 2 unspecified atom stereocenters. The highest BCUT2D eigenvalue weighted by Crippen LogP contribution is 2.10. The van der Waals surface area contributed by atoms with Gasteiger partial charge in [-0.3, -0.25) is 9.59 Å². The number of nitrogens with one attached hydrogen (secondary N) is 1. The van der Waals surface area contributed by atoms with Gasteiger partial charge in [-0.05, 0) is 20.3 Å². The first-order valence-corrected chi connectivity index (χ1v) is 10.1. The van der Waals surface area contributed by atoms with Crippen LogP contribution in [0.25, 0.3) is 0 Å². The van der Waals surface area contributed by atoms with E-state index in [0.717, 1.165) is 12.8 Å². The summed E-state index contributed by atoms with van der Waals surface area (Å²) in [5.41, 5.74) is 0. The molecule has 0 fully saturated rings. The predicted octanol–water partition coefficient (Wildman–Crippen LogP) is 3.77. The molecule has 0 aliphatic carbocycles. The number of carbonyl (C=O) groups is 2. The Hall–Kier alpha value is -0.940. The van der Waals surface area contributed by atoms with E-state index in [9.17, 15) is 14.7 Å². The highest BCUT2D eigenvalue weighted by atomic mass is 16.5. The van der Waals surface area contributed by atoms with E-state index >= 15 is 0 Å². The van der Waals surface area contributed by atoms with E-state index in [1.807, 2.05) is 0 Å². The van der Waals surface area contributed by atoms with Crippen molar-refractivity contribution in [2.24, 2.45) is 0 Å². The second kappa shape index (κ2) is 16.5. The Morgan fingerprint density at radius 1 is 0.960 bits per heavy atom. The second-order valence-electron chi connectivity index (χ2n) is 6.94. The maximum atomic E-state index is 11.6. The lowest BCUT2D eigenvalue weighted by Crippen LogP contribution is -2.44. The second-order valence-corrected chi connectivity index (χ2v) is 6.94. The summed E-state index contributed by atoms with van der Waals surface area (Å²) >= 11 is 0. The first-order valence-electron chi connectivity index (χ1n) is 10.1. The van der Waals surface area contributed by atoms with Gasteiger partial charge in [0.15, 0.2) is 0 Å². The number of carbonyl (C=O) groups excluding carboxylic acids is 2. The van der Waals surface area contributed by atoms with Crippen LogP contribution < -0.4 is 5.32 Å². The van der Waals surface area contributed by atoms with Crippen LogP contribution in [0, 0.1) is 0 Å². The molecule has 25 heavy (non-hydrogen) atoms. The van der Waals surface area contributed by atoms with Gasteiger partial charge in [0.1, 0.15) is 5.78 Å². The van der Waals surface area contributed by atoms with Crippen molar-refractivity contribution in [1.29, 1.82) is 0 Å². The van der Waals surface area contributed by atoms with Gasteiger partial charge in [-0.2, -0.15) is 0 Å². The molecule has 2 atom stereocenters. The zero-order valence-electron chi connectivity index (χ0n) is 16.5. The van der Waals surface area contributed by atoms with Crippen molar-refractivity contribution in [2.75, 3.05) is 13.2 Å².